The van der Waals surface area contributed by atoms with Gasteiger partial charge in [-0.05, 0) is 25.0 Å². The van der Waals surface area contributed by atoms with Gasteiger partial charge in [0.1, 0.15) is 5.75 Å². The van der Waals surface area contributed by atoms with Crippen LogP contribution in [-0.2, 0) is 4.74 Å². The second kappa shape index (κ2) is 7.61. The number of phenolic OH excluding ortho intramolecular Hbond substituents is 1. The van der Waals surface area contributed by atoms with E-state index >= 15 is 0 Å². The highest BCUT2D eigenvalue weighted by Crippen LogP contribution is 2.18. The molecule has 22 heavy (non-hydrogen) atoms. The number of ether oxygens (including phenoxy) is 1. The van der Waals surface area contributed by atoms with Crippen molar-refractivity contribution in [1.82, 2.24) is 10.2 Å². The van der Waals surface area contributed by atoms with E-state index < -0.39 is 0 Å². The quantitative estimate of drug-likeness (QED) is 0.870. The van der Waals surface area contributed by atoms with Gasteiger partial charge in [-0.15, -0.1) is 0 Å². The van der Waals surface area contributed by atoms with E-state index in [1.165, 1.54) is 0 Å². The summed E-state index contributed by atoms with van der Waals surface area (Å²) in [6.45, 7) is 10.3. The van der Waals surface area contributed by atoms with E-state index in [1.54, 1.807) is 18.2 Å². The molecule has 122 valence electrons. The predicted octanol–water partition coefficient (Wildman–Crippen LogP) is 1.79. The number of aromatic hydroxyl groups is 1. The number of carbonyl (C=O) groups is 1. The third kappa shape index (κ3) is 4.71. The highest BCUT2D eigenvalue weighted by Gasteiger charge is 2.22. The molecule has 0 saturated carbocycles. The van der Waals surface area contributed by atoms with Gasteiger partial charge >= 0.3 is 0 Å². The van der Waals surface area contributed by atoms with Gasteiger partial charge in [0.05, 0.1) is 18.3 Å². The summed E-state index contributed by atoms with van der Waals surface area (Å²) in [6, 6.07) is 5.02. The molecule has 1 fully saturated rings. The molecule has 1 aliphatic rings. The first-order valence-electron chi connectivity index (χ1n) is 7.87. The molecule has 0 unspecified atom stereocenters. The zero-order valence-electron chi connectivity index (χ0n) is 13.6. The van der Waals surface area contributed by atoms with Crippen molar-refractivity contribution in [1.29, 1.82) is 0 Å². The monoisotopic (exact) mass is 306 g/mol. The number of phenols is 1. The summed E-state index contributed by atoms with van der Waals surface area (Å²) < 4.78 is 5.71. The van der Waals surface area contributed by atoms with Crippen LogP contribution in [0.4, 0.5) is 0 Å². The summed E-state index contributed by atoms with van der Waals surface area (Å²) in [7, 11) is 0. The summed E-state index contributed by atoms with van der Waals surface area (Å²) in [5.74, 6) is 0.373. The number of benzene rings is 1. The lowest BCUT2D eigenvalue weighted by atomic mass is 10.1. The number of rotatable bonds is 5. The second-order valence-corrected chi connectivity index (χ2v) is 6.38. The molecule has 5 nitrogen and oxygen atoms in total. The van der Waals surface area contributed by atoms with Crippen LogP contribution in [0.3, 0.4) is 0 Å². The lowest BCUT2D eigenvalue weighted by molar-refractivity contribution is -0.0295. The molecule has 0 radical (unpaired) electrons. The van der Waals surface area contributed by atoms with E-state index in [1.807, 2.05) is 6.92 Å². The van der Waals surface area contributed by atoms with Gasteiger partial charge in [-0.25, -0.2) is 0 Å². The zero-order chi connectivity index (χ0) is 16.1. The van der Waals surface area contributed by atoms with Crippen molar-refractivity contribution in [2.75, 3.05) is 32.8 Å². The maximum Gasteiger partial charge on any atom is 0.255 e. The van der Waals surface area contributed by atoms with Gasteiger partial charge < -0.3 is 15.2 Å². The van der Waals surface area contributed by atoms with Crippen LogP contribution in [-0.4, -0.2) is 54.8 Å². The van der Waals surface area contributed by atoms with Crippen LogP contribution in [0.5, 0.6) is 5.75 Å². The second-order valence-electron chi connectivity index (χ2n) is 6.38. The van der Waals surface area contributed by atoms with Gasteiger partial charge in [0.25, 0.3) is 5.91 Å². The lowest BCUT2D eigenvalue weighted by Crippen LogP contribution is -2.48. The number of nitrogens with zero attached hydrogens (tertiary/aromatic N) is 1. The number of morpholine rings is 1. The molecule has 1 aliphatic heterocycles. The van der Waals surface area contributed by atoms with Crippen LogP contribution in [0.2, 0.25) is 0 Å². The molecular weight excluding hydrogens is 280 g/mol. The minimum absolute atomic E-state index is 0.00315. The SMILES string of the molecule is Cc1ccc(O)c(C(=O)NC[C@H]2CN(CC(C)C)CCO2)c1. The first-order valence-corrected chi connectivity index (χ1v) is 7.87. The van der Waals surface area contributed by atoms with E-state index in [2.05, 4.69) is 24.1 Å². The minimum atomic E-state index is -0.259. The van der Waals surface area contributed by atoms with E-state index in [9.17, 15) is 9.90 Å². The molecule has 1 aromatic rings. The maximum atomic E-state index is 12.2. The fraction of sp³-hybridized carbons (Fsp3) is 0.588. The fourth-order valence-corrected chi connectivity index (χ4v) is 2.72. The molecule has 0 bridgehead atoms. The molecule has 5 heteroatoms. The predicted molar refractivity (Wildman–Crippen MR) is 86.2 cm³/mol. The molecule has 2 N–H and O–H groups in total. The average Bonchev–Trinajstić information content (AvgIpc) is 2.47. The van der Waals surface area contributed by atoms with Crippen LogP contribution in [0.15, 0.2) is 18.2 Å². The van der Waals surface area contributed by atoms with Gasteiger partial charge in [0, 0.05) is 26.2 Å². The van der Waals surface area contributed by atoms with Gasteiger partial charge in [0.2, 0.25) is 0 Å². The molecule has 1 aromatic carbocycles. The third-order valence-electron chi connectivity index (χ3n) is 3.73. The van der Waals surface area contributed by atoms with Gasteiger partial charge in [-0.3, -0.25) is 9.69 Å². The Morgan fingerprint density at radius 1 is 1.50 bits per heavy atom. The van der Waals surface area contributed by atoms with Crippen LogP contribution in [0.1, 0.15) is 29.8 Å². The van der Waals surface area contributed by atoms with Crippen LogP contribution >= 0.6 is 0 Å². The molecule has 0 aliphatic carbocycles. The Bertz CT molecular complexity index is 517. The van der Waals surface area contributed by atoms with Crippen LogP contribution in [0, 0.1) is 12.8 Å². The van der Waals surface area contributed by atoms with Crippen molar-refractivity contribution < 1.29 is 14.6 Å². The number of hydrogen-bond donors (Lipinski definition) is 2. The third-order valence-corrected chi connectivity index (χ3v) is 3.73. The molecule has 2 rings (SSSR count). The largest absolute Gasteiger partial charge is 0.507 e. The van der Waals surface area contributed by atoms with Crippen molar-refractivity contribution in [2.24, 2.45) is 5.92 Å². The number of hydrogen-bond acceptors (Lipinski definition) is 4. The minimum Gasteiger partial charge on any atom is -0.507 e. The summed E-state index contributed by atoms with van der Waals surface area (Å²) in [6.07, 6.45) is 0.00315. The Labute approximate surface area is 132 Å². The van der Waals surface area contributed by atoms with Crippen LogP contribution < -0.4 is 5.32 Å². The Hall–Kier alpha value is -1.59. The molecule has 0 spiro atoms. The lowest BCUT2D eigenvalue weighted by Gasteiger charge is -2.33. The molecule has 1 heterocycles. The number of aryl methyl sites for hydroxylation is 1. The molecule has 1 amide bonds. The Morgan fingerprint density at radius 2 is 2.27 bits per heavy atom. The maximum absolute atomic E-state index is 12.2. The van der Waals surface area contributed by atoms with E-state index in [0.717, 1.165) is 25.2 Å². The highest BCUT2D eigenvalue weighted by molar-refractivity contribution is 5.97. The topological polar surface area (TPSA) is 61.8 Å². The molecular formula is C17H26N2O3. The first-order chi connectivity index (χ1) is 10.5. The summed E-state index contributed by atoms with van der Waals surface area (Å²) in [4.78, 5) is 14.5. The van der Waals surface area contributed by atoms with Crippen molar-refractivity contribution in [3.63, 3.8) is 0 Å². The van der Waals surface area contributed by atoms with Crippen molar-refractivity contribution >= 4 is 5.91 Å². The Balaban J connectivity index is 1.86. The standard InChI is InChI=1S/C17H26N2O3/c1-12(2)10-19-6-7-22-14(11-19)9-18-17(21)15-8-13(3)4-5-16(15)20/h4-5,8,12,14,20H,6-7,9-11H2,1-3H3,(H,18,21)/t14-/m0/s1. The summed E-state index contributed by atoms with van der Waals surface area (Å²) in [5, 5.41) is 12.6. The molecule has 1 saturated heterocycles. The van der Waals surface area contributed by atoms with E-state index in [0.29, 0.717) is 24.6 Å². The Morgan fingerprint density at radius 3 is 3.00 bits per heavy atom. The van der Waals surface area contributed by atoms with Gasteiger partial charge in [0.15, 0.2) is 0 Å². The van der Waals surface area contributed by atoms with Crippen molar-refractivity contribution in [3.05, 3.63) is 29.3 Å². The Kier molecular flexibility index (Phi) is 5.80. The van der Waals surface area contributed by atoms with E-state index in [-0.39, 0.29) is 17.8 Å². The smallest absolute Gasteiger partial charge is 0.255 e. The number of carbonyl (C=O) groups excluding carboxylic acids is 1. The van der Waals surface area contributed by atoms with Crippen LogP contribution in [0.25, 0.3) is 0 Å². The van der Waals surface area contributed by atoms with Gasteiger partial charge in [-0.1, -0.05) is 25.5 Å². The number of nitrogens with one attached hydrogen (secondary N) is 1. The van der Waals surface area contributed by atoms with E-state index in [4.69, 9.17) is 4.74 Å². The molecule has 1 atom stereocenters. The zero-order valence-corrected chi connectivity index (χ0v) is 13.6. The van der Waals surface area contributed by atoms with Crippen molar-refractivity contribution in [2.45, 2.75) is 26.9 Å². The first kappa shape index (κ1) is 16.8. The van der Waals surface area contributed by atoms with Crippen molar-refractivity contribution in [3.8, 4) is 5.75 Å². The average molecular weight is 306 g/mol. The normalized spacial score (nSPS) is 19.4. The van der Waals surface area contributed by atoms with Gasteiger partial charge in [-0.2, -0.15) is 0 Å². The summed E-state index contributed by atoms with van der Waals surface area (Å²) >= 11 is 0. The number of amides is 1. The highest BCUT2D eigenvalue weighted by atomic mass is 16.5. The molecule has 0 aromatic heterocycles. The summed E-state index contributed by atoms with van der Waals surface area (Å²) in [5.41, 5.74) is 1.26. The fourth-order valence-electron chi connectivity index (χ4n) is 2.72.